The van der Waals surface area contributed by atoms with Crippen molar-refractivity contribution in [2.45, 2.75) is 26.8 Å². The number of aromatic amines is 1. The second kappa shape index (κ2) is 6.23. The molecule has 3 N–H and O–H groups in total. The van der Waals surface area contributed by atoms with Crippen LogP contribution in [-0.4, -0.2) is 16.5 Å². The molecule has 5 heteroatoms. The van der Waals surface area contributed by atoms with Crippen molar-refractivity contribution in [3.63, 3.8) is 0 Å². The summed E-state index contributed by atoms with van der Waals surface area (Å²) in [6.07, 6.45) is 0.711. The molecule has 2 aromatic rings. The van der Waals surface area contributed by atoms with Gasteiger partial charge in [-0.25, -0.2) is 4.98 Å². The number of aryl methyl sites for hydroxylation is 1. The zero-order valence-electron chi connectivity index (χ0n) is 11.9. The van der Waals surface area contributed by atoms with Crippen LogP contribution in [0.3, 0.4) is 0 Å². The quantitative estimate of drug-likeness (QED) is 0.816. The van der Waals surface area contributed by atoms with E-state index in [1.807, 2.05) is 38.1 Å². The SMILES string of the molecule is CCc1nc(N(CC)Cc2ccc(N)cc2)cc(=O)[nH]1. The fraction of sp³-hybridized carbons (Fsp3) is 0.333. The van der Waals surface area contributed by atoms with Crippen LogP contribution in [0, 0.1) is 0 Å². The summed E-state index contributed by atoms with van der Waals surface area (Å²) in [5, 5.41) is 0. The van der Waals surface area contributed by atoms with Crippen molar-refractivity contribution in [3.05, 3.63) is 52.1 Å². The summed E-state index contributed by atoms with van der Waals surface area (Å²) >= 11 is 0. The van der Waals surface area contributed by atoms with E-state index in [0.29, 0.717) is 24.6 Å². The van der Waals surface area contributed by atoms with E-state index in [2.05, 4.69) is 14.9 Å². The Balaban J connectivity index is 2.25. The van der Waals surface area contributed by atoms with Crippen molar-refractivity contribution >= 4 is 11.5 Å². The molecule has 1 heterocycles. The first kappa shape index (κ1) is 14.1. The minimum absolute atomic E-state index is 0.109. The van der Waals surface area contributed by atoms with Crippen molar-refractivity contribution < 1.29 is 0 Å². The molecule has 2 rings (SSSR count). The molecule has 0 atom stereocenters. The van der Waals surface area contributed by atoms with Gasteiger partial charge in [0.15, 0.2) is 0 Å². The van der Waals surface area contributed by atoms with Gasteiger partial charge in [-0.2, -0.15) is 0 Å². The largest absolute Gasteiger partial charge is 0.399 e. The van der Waals surface area contributed by atoms with Crippen LogP contribution >= 0.6 is 0 Å². The van der Waals surface area contributed by atoms with Gasteiger partial charge in [-0.15, -0.1) is 0 Å². The van der Waals surface area contributed by atoms with E-state index in [1.165, 1.54) is 0 Å². The molecule has 1 aromatic heterocycles. The van der Waals surface area contributed by atoms with Gasteiger partial charge in [0.25, 0.3) is 5.56 Å². The molecule has 0 saturated carbocycles. The van der Waals surface area contributed by atoms with Gasteiger partial charge >= 0.3 is 0 Å². The van der Waals surface area contributed by atoms with Crippen LogP contribution in [0.25, 0.3) is 0 Å². The predicted octanol–water partition coefficient (Wildman–Crippen LogP) is 1.94. The van der Waals surface area contributed by atoms with Crippen LogP contribution < -0.4 is 16.2 Å². The van der Waals surface area contributed by atoms with Gasteiger partial charge in [0.1, 0.15) is 11.6 Å². The lowest BCUT2D eigenvalue weighted by molar-refractivity contribution is 0.792. The van der Waals surface area contributed by atoms with E-state index in [1.54, 1.807) is 6.07 Å². The molecular weight excluding hydrogens is 252 g/mol. The number of hydrogen-bond donors (Lipinski definition) is 2. The van der Waals surface area contributed by atoms with E-state index in [-0.39, 0.29) is 5.56 Å². The molecule has 106 valence electrons. The molecule has 0 fully saturated rings. The van der Waals surface area contributed by atoms with Crippen molar-refractivity contribution in [2.75, 3.05) is 17.2 Å². The maximum Gasteiger partial charge on any atom is 0.252 e. The first-order valence-electron chi connectivity index (χ1n) is 6.82. The molecule has 0 unspecified atom stereocenters. The number of hydrogen-bond acceptors (Lipinski definition) is 4. The van der Waals surface area contributed by atoms with E-state index >= 15 is 0 Å². The number of H-pyrrole nitrogens is 1. The standard InChI is InChI=1S/C15H20N4O/c1-3-13-17-14(9-15(20)18-13)19(4-2)10-11-5-7-12(16)8-6-11/h5-9H,3-4,10,16H2,1-2H3,(H,17,18,20). The molecule has 0 saturated heterocycles. The Kier molecular flexibility index (Phi) is 4.40. The molecule has 5 nitrogen and oxygen atoms in total. The highest BCUT2D eigenvalue weighted by atomic mass is 16.1. The molecule has 0 aliphatic carbocycles. The summed E-state index contributed by atoms with van der Waals surface area (Å²) in [6, 6.07) is 9.29. The van der Waals surface area contributed by atoms with Gasteiger partial charge in [0, 0.05) is 31.3 Å². The molecular formula is C15H20N4O. The molecule has 1 aromatic carbocycles. The third-order valence-corrected chi connectivity index (χ3v) is 3.17. The highest BCUT2D eigenvalue weighted by Crippen LogP contribution is 2.14. The minimum atomic E-state index is -0.109. The van der Waals surface area contributed by atoms with Gasteiger partial charge < -0.3 is 15.6 Å². The average molecular weight is 272 g/mol. The summed E-state index contributed by atoms with van der Waals surface area (Å²) < 4.78 is 0. The van der Waals surface area contributed by atoms with E-state index in [4.69, 9.17) is 5.73 Å². The Morgan fingerprint density at radius 1 is 1.25 bits per heavy atom. The maximum atomic E-state index is 11.6. The summed E-state index contributed by atoms with van der Waals surface area (Å²) in [5.41, 5.74) is 7.47. The van der Waals surface area contributed by atoms with Gasteiger partial charge in [0.05, 0.1) is 0 Å². The Morgan fingerprint density at radius 3 is 2.55 bits per heavy atom. The zero-order chi connectivity index (χ0) is 14.5. The Morgan fingerprint density at radius 2 is 1.95 bits per heavy atom. The molecule has 0 bridgehead atoms. The highest BCUT2D eigenvalue weighted by molar-refractivity contribution is 5.42. The number of nitrogens with two attached hydrogens (primary N) is 1. The van der Waals surface area contributed by atoms with Crippen LogP contribution in [0.2, 0.25) is 0 Å². The van der Waals surface area contributed by atoms with Crippen molar-refractivity contribution in [1.29, 1.82) is 0 Å². The third kappa shape index (κ3) is 3.38. The molecule has 20 heavy (non-hydrogen) atoms. The van der Waals surface area contributed by atoms with Crippen LogP contribution in [0.1, 0.15) is 25.2 Å². The predicted molar refractivity (Wildman–Crippen MR) is 81.8 cm³/mol. The second-order valence-corrected chi connectivity index (χ2v) is 4.66. The van der Waals surface area contributed by atoms with Crippen molar-refractivity contribution in [2.24, 2.45) is 0 Å². The van der Waals surface area contributed by atoms with E-state index in [9.17, 15) is 4.79 Å². The van der Waals surface area contributed by atoms with Crippen LogP contribution in [0.15, 0.2) is 35.1 Å². The normalized spacial score (nSPS) is 10.5. The molecule has 0 aliphatic heterocycles. The molecule has 0 aliphatic rings. The number of nitrogen functional groups attached to an aromatic ring is 1. The van der Waals surface area contributed by atoms with Crippen LogP contribution in [0.4, 0.5) is 11.5 Å². The van der Waals surface area contributed by atoms with Gasteiger partial charge in [-0.1, -0.05) is 19.1 Å². The maximum absolute atomic E-state index is 11.6. The van der Waals surface area contributed by atoms with Gasteiger partial charge in [-0.05, 0) is 24.6 Å². The summed E-state index contributed by atoms with van der Waals surface area (Å²) in [4.78, 5) is 20.9. The number of nitrogens with zero attached hydrogens (tertiary/aromatic N) is 2. The van der Waals surface area contributed by atoms with E-state index in [0.717, 1.165) is 17.8 Å². The van der Waals surface area contributed by atoms with Crippen molar-refractivity contribution in [3.8, 4) is 0 Å². The lowest BCUT2D eigenvalue weighted by Crippen LogP contribution is -2.26. The lowest BCUT2D eigenvalue weighted by Gasteiger charge is -2.22. The number of aromatic nitrogens is 2. The van der Waals surface area contributed by atoms with Crippen LogP contribution in [-0.2, 0) is 13.0 Å². The first-order valence-corrected chi connectivity index (χ1v) is 6.82. The summed E-state index contributed by atoms with van der Waals surface area (Å²) in [6.45, 7) is 5.50. The number of anilines is 2. The topological polar surface area (TPSA) is 75.0 Å². The highest BCUT2D eigenvalue weighted by Gasteiger charge is 2.09. The fourth-order valence-corrected chi connectivity index (χ4v) is 2.02. The van der Waals surface area contributed by atoms with E-state index < -0.39 is 0 Å². The zero-order valence-corrected chi connectivity index (χ0v) is 11.9. The second-order valence-electron chi connectivity index (χ2n) is 4.66. The monoisotopic (exact) mass is 272 g/mol. The smallest absolute Gasteiger partial charge is 0.252 e. The third-order valence-electron chi connectivity index (χ3n) is 3.17. The van der Waals surface area contributed by atoms with Crippen molar-refractivity contribution in [1.82, 2.24) is 9.97 Å². The summed E-state index contributed by atoms with van der Waals surface area (Å²) in [7, 11) is 0. The molecule has 0 radical (unpaired) electrons. The number of nitrogens with one attached hydrogen (secondary N) is 1. The molecule has 0 spiro atoms. The Bertz CT molecular complexity index is 619. The Labute approximate surface area is 118 Å². The summed E-state index contributed by atoms with van der Waals surface area (Å²) in [5.74, 6) is 1.42. The van der Waals surface area contributed by atoms with Crippen LogP contribution in [0.5, 0.6) is 0 Å². The Hall–Kier alpha value is -2.30. The molecule has 0 amide bonds. The van der Waals surface area contributed by atoms with Gasteiger partial charge in [-0.3, -0.25) is 4.79 Å². The van der Waals surface area contributed by atoms with Gasteiger partial charge in [0.2, 0.25) is 0 Å². The fourth-order valence-electron chi connectivity index (χ4n) is 2.02. The lowest BCUT2D eigenvalue weighted by atomic mass is 10.2. The average Bonchev–Trinajstić information content (AvgIpc) is 2.46. The number of rotatable bonds is 5. The first-order chi connectivity index (χ1) is 9.62. The minimum Gasteiger partial charge on any atom is -0.399 e. The number of benzene rings is 1.